The van der Waals surface area contributed by atoms with Crippen LogP contribution in [-0.4, -0.2) is 11.5 Å². The zero-order valence-electron chi connectivity index (χ0n) is 15.0. The summed E-state index contributed by atoms with van der Waals surface area (Å²) in [5.74, 6) is 0.796. The first-order valence-corrected chi connectivity index (χ1v) is 8.97. The van der Waals surface area contributed by atoms with Gasteiger partial charge in [-0.25, -0.2) is 4.98 Å². The maximum absolute atomic E-state index is 6.26. The predicted molar refractivity (Wildman–Crippen MR) is 103 cm³/mol. The zero-order valence-corrected chi connectivity index (χ0v) is 15.0. The number of fused-ring (bicyclic) bond motifs is 4. The maximum Gasteiger partial charge on any atom is 0.155 e. The van der Waals surface area contributed by atoms with Crippen molar-refractivity contribution >= 4 is 21.9 Å². The second kappa shape index (κ2) is 6.32. The summed E-state index contributed by atoms with van der Waals surface area (Å²) in [6, 6.07) is 14.6. The van der Waals surface area contributed by atoms with Crippen molar-refractivity contribution in [2.45, 2.75) is 33.6 Å². The highest BCUT2D eigenvalue weighted by Crippen LogP contribution is 2.31. The van der Waals surface area contributed by atoms with Crippen molar-refractivity contribution in [1.29, 1.82) is 0 Å². The molecule has 2 aliphatic rings. The van der Waals surface area contributed by atoms with E-state index < -0.39 is 0 Å². The fourth-order valence-corrected chi connectivity index (χ4v) is 3.47. The van der Waals surface area contributed by atoms with E-state index in [1.165, 1.54) is 11.1 Å². The second-order valence-electron chi connectivity index (χ2n) is 6.47. The maximum atomic E-state index is 6.26. The first-order chi connectivity index (χ1) is 12.2. The van der Waals surface area contributed by atoms with E-state index in [1.54, 1.807) is 0 Å². The first kappa shape index (κ1) is 15.8. The van der Waals surface area contributed by atoms with Crippen LogP contribution in [0, 0.1) is 6.92 Å². The van der Waals surface area contributed by atoms with Crippen molar-refractivity contribution in [1.82, 2.24) is 4.98 Å². The number of nitrogens with zero attached hydrogens (tertiary/aromatic N) is 2. The fourth-order valence-electron chi connectivity index (χ4n) is 3.47. The summed E-state index contributed by atoms with van der Waals surface area (Å²) >= 11 is 0. The van der Waals surface area contributed by atoms with Crippen LogP contribution in [-0.2, 0) is 6.42 Å². The van der Waals surface area contributed by atoms with Crippen LogP contribution in [0.5, 0.6) is 0 Å². The quantitative estimate of drug-likeness (QED) is 0.379. The molecule has 0 amide bonds. The SMILES string of the molecule is CCCc1cc2oc3cc(=NCC)c4ccccc4c-3nc2cc1C. The third-order valence-corrected chi connectivity index (χ3v) is 4.68. The molecule has 0 atom stereocenters. The highest BCUT2D eigenvalue weighted by Gasteiger charge is 2.15. The topological polar surface area (TPSA) is 38.4 Å². The minimum absolute atomic E-state index is 0.746. The van der Waals surface area contributed by atoms with Crippen LogP contribution in [0.1, 0.15) is 31.4 Å². The molecule has 1 aliphatic heterocycles. The van der Waals surface area contributed by atoms with E-state index in [9.17, 15) is 0 Å². The van der Waals surface area contributed by atoms with E-state index in [2.05, 4.69) is 50.0 Å². The molecule has 0 aromatic heterocycles. The van der Waals surface area contributed by atoms with Gasteiger partial charge in [0.15, 0.2) is 11.3 Å². The second-order valence-corrected chi connectivity index (χ2v) is 6.47. The fraction of sp³-hybridized carbons (Fsp3) is 0.273. The Bertz CT molecular complexity index is 1110. The van der Waals surface area contributed by atoms with E-state index in [4.69, 9.17) is 9.40 Å². The lowest BCUT2D eigenvalue weighted by atomic mass is 10.0. The molecule has 1 heterocycles. The van der Waals surface area contributed by atoms with Gasteiger partial charge >= 0.3 is 0 Å². The summed E-state index contributed by atoms with van der Waals surface area (Å²) in [5.41, 5.74) is 5.27. The summed E-state index contributed by atoms with van der Waals surface area (Å²) in [6.45, 7) is 7.15. The summed E-state index contributed by atoms with van der Waals surface area (Å²) in [4.78, 5) is 9.57. The highest BCUT2D eigenvalue weighted by atomic mass is 16.3. The molecule has 4 rings (SSSR count). The van der Waals surface area contributed by atoms with Gasteiger partial charge in [0, 0.05) is 23.4 Å². The number of benzene rings is 3. The molecule has 126 valence electrons. The van der Waals surface area contributed by atoms with Gasteiger partial charge in [-0.2, -0.15) is 0 Å². The molecule has 0 saturated heterocycles. The van der Waals surface area contributed by atoms with Crippen molar-refractivity contribution in [3.63, 3.8) is 0 Å². The van der Waals surface area contributed by atoms with Gasteiger partial charge < -0.3 is 4.42 Å². The number of aryl methyl sites for hydroxylation is 2. The van der Waals surface area contributed by atoms with Gasteiger partial charge in [0.2, 0.25) is 0 Å². The molecule has 0 saturated carbocycles. The first-order valence-electron chi connectivity index (χ1n) is 8.97. The largest absolute Gasteiger partial charge is 0.453 e. The van der Waals surface area contributed by atoms with Crippen molar-refractivity contribution in [2.75, 3.05) is 6.54 Å². The van der Waals surface area contributed by atoms with E-state index >= 15 is 0 Å². The average molecular weight is 330 g/mol. The van der Waals surface area contributed by atoms with Crippen LogP contribution in [0.2, 0.25) is 0 Å². The number of hydrogen-bond donors (Lipinski definition) is 0. The van der Waals surface area contributed by atoms with E-state index in [0.29, 0.717) is 0 Å². The molecule has 0 N–H and O–H groups in total. The lowest BCUT2D eigenvalue weighted by Crippen LogP contribution is -2.07. The Balaban J connectivity index is 2.11. The molecule has 2 aromatic rings. The minimum atomic E-state index is 0.746. The highest BCUT2D eigenvalue weighted by molar-refractivity contribution is 5.96. The summed E-state index contributed by atoms with van der Waals surface area (Å²) in [7, 11) is 0. The monoisotopic (exact) mass is 330 g/mol. The van der Waals surface area contributed by atoms with Gasteiger partial charge in [-0.1, -0.05) is 37.6 Å². The molecule has 0 bridgehead atoms. The Morgan fingerprint density at radius 1 is 1.04 bits per heavy atom. The molecule has 2 aromatic carbocycles. The molecule has 3 nitrogen and oxygen atoms in total. The minimum Gasteiger partial charge on any atom is -0.453 e. The molecule has 25 heavy (non-hydrogen) atoms. The van der Waals surface area contributed by atoms with Crippen molar-refractivity contribution in [2.24, 2.45) is 4.99 Å². The van der Waals surface area contributed by atoms with Crippen LogP contribution in [0.3, 0.4) is 0 Å². The van der Waals surface area contributed by atoms with Crippen LogP contribution < -0.4 is 5.36 Å². The molecular formula is C22H22N2O. The molecule has 0 fully saturated rings. The van der Waals surface area contributed by atoms with Gasteiger partial charge in [0.1, 0.15) is 11.2 Å². The van der Waals surface area contributed by atoms with Gasteiger partial charge in [-0.05, 0) is 43.5 Å². The lowest BCUT2D eigenvalue weighted by molar-refractivity contribution is 0.612. The number of rotatable bonds is 3. The lowest BCUT2D eigenvalue weighted by Gasteiger charge is -2.12. The molecule has 1 aliphatic carbocycles. The zero-order chi connectivity index (χ0) is 17.4. The smallest absolute Gasteiger partial charge is 0.155 e. The average Bonchev–Trinajstić information content (AvgIpc) is 2.62. The van der Waals surface area contributed by atoms with Crippen molar-refractivity contribution < 1.29 is 4.42 Å². The number of hydrogen-bond acceptors (Lipinski definition) is 3. The van der Waals surface area contributed by atoms with Crippen molar-refractivity contribution in [3.8, 4) is 11.5 Å². The van der Waals surface area contributed by atoms with Gasteiger partial charge in [0.25, 0.3) is 0 Å². The van der Waals surface area contributed by atoms with Gasteiger partial charge in [-0.15, -0.1) is 0 Å². The van der Waals surface area contributed by atoms with Crippen LogP contribution >= 0.6 is 0 Å². The number of aromatic nitrogens is 1. The van der Waals surface area contributed by atoms with Crippen LogP contribution in [0.15, 0.2) is 51.9 Å². The van der Waals surface area contributed by atoms with Crippen LogP contribution in [0.4, 0.5) is 0 Å². The molecule has 0 spiro atoms. The Morgan fingerprint density at radius 2 is 1.84 bits per heavy atom. The summed E-state index contributed by atoms with van der Waals surface area (Å²) < 4.78 is 6.26. The normalized spacial score (nSPS) is 12.5. The van der Waals surface area contributed by atoms with E-state index in [1.807, 2.05) is 18.2 Å². The van der Waals surface area contributed by atoms with Gasteiger partial charge in [-0.3, -0.25) is 4.99 Å². The third kappa shape index (κ3) is 2.70. The molecule has 3 heteroatoms. The van der Waals surface area contributed by atoms with E-state index in [-0.39, 0.29) is 0 Å². The Hall–Kier alpha value is -2.68. The summed E-state index contributed by atoms with van der Waals surface area (Å²) in [5, 5.41) is 3.18. The molecule has 0 radical (unpaired) electrons. The van der Waals surface area contributed by atoms with Gasteiger partial charge in [0.05, 0.1) is 5.36 Å². The predicted octanol–water partition coefficient (Wildman–Crippen LogP) is 5.27. The Labute approximate surface area is 147 Å². The summed E-state index contributed by atoms with van der Waals surface area (Å²) in [6.07, 6.45) is 2.18. The van der Waals surface area contributed by atoms with Crippen LogP contribution in [0.25, 0.3) is 33.3 Å². The standard InChI is InChI=1S/C22H22N2O/c1-4-8-15-12-20-19(11-14(15)3)24-22-17-10-7-6-9-16(17)18(23-5-2)13-21(22)25-20/h6-7,9-13H,4-5,8H2,1-3H3. The van der Waals surface area contributed by atoms with E-state index in [0.717, 1.165) is 58.1 Å². The third-order valence-electron chi connectivity index (χ3n) is 4.68. The van der Waals surface area contributed by atoms with Crippen molar-refractivity contribution in [3.05, 3.63) is 58.9 Å². The molecular weight excluding hydrogens is 308 g/mol. The molecule has 0 unspecified atom stereocenters. The Kier molecular flexibility index (Phi) is 4.00. The Morgan fingerprint density at radius 3 is 2.60 bits per heavy atom.